The highest BCUT2D eigenvalue weighted by Gasteiger charge is 2.49. The van der Waals surface area contributed by atoms with Gasteiger partial charge in [-0.05, 0) is 51.1 Å². The molecular formula is C26H31N5O5S. The van der Waals surface area contributed by atoms with Crippen LogP contribution in [0.5, 0.6) is 0 Å². The zero-order valence-corrected chi connectivity index (χ0v) is 22.1. The van der Waals surface area contributed by atoms with E-state index in [2.05, 4.69) is 14.5 Å². The number of nitrogens with one attached hydrogen (secondary N) is 1. The van der Waals surface area contributed by atoms with Crippen molar-refractivity contribution in [2.75, 3.05) is 30.3 Å². The van der Waals surface area contributed by atoms with Crippen molar-refractivity contribution in [2.24, 2.45) is 20.7 Å². The lowest BCUT2D eigenvalue weighted by atomic mass is 9.78. The van der Waals surface area contributed by atoms with Crippen molar-refractivity contribution in [1.29, 1.82) is 0 Å². The average molecular weight is 526 g/mol. The summed E-state index contributed by atoms with van der Waals surface area (Å²) in [6.45, 7) is 7.12. The van der Waals surface area contributed by atoms with Crippen LogP contribution in [0.3, 0.4) is 0 Å². The number of aromatic nitrogens is 1. The number of nitrogens with two attached hydrogens (primary N) is 1. The second-order valence-electron chi connectivity index (χ2n) is 10.2. The molecule has 1 aliphatic heterocycles. The van der Waals surface area contributed by atoms with Crippen LogP contribution in [-0.2, 0) is 19.3 Å². The summed E-state index contributed by atoms with van der Waals surface area (Å²) in [7, 11) is -3.13. The summed E-state index contributed by atoms with van der Waals surface area (Å²) in [5, 5.41) is 3.91. The van der Waals surface area contributed by atoms with Crippen LogP contribution < -0.4 is 10.6 Å². The van der Waals surface area contributed by atoms with E-state index < -0.39 is 32.7 Å². The van der Waals surface area contributed by atoms with E-state index in [-0.39, 0.29) is 25.4 Å². The van der Waals surface area contributed by atoms with Gasteiger partial charge in [-0.25, -0.2) is 9.00 Å². The van der Waals surface area contributed by atoms with Gasteiger partial charge in [0.05, 0.1) is 16.3 Å². The molecule has 0 radical (unpaired) electrons. The standard InChI is InChI=1S/C26H31N5O5S/c1-5-37(35,30-24(33)36-25(2,3)4)18-10-11-22(31-15-26(16-31,14-28-34)23(27)32)19(13-18)21-12-17-8-6-7-9-20(17)29-21/h6-13,29H,5,14-16H2,1-4H3,(H2,27,32). The molecule has 1 atom stereocenters. The minimum absolute atomic E-state index is 0.108. The number of primary amides is 1. The molecule has 1 fully saturated rings. The minimum atomic E-state index is -3.13. The van der Waals surface area contributed by atoms with Gasteiger partial charge in [0.2, 0.25) is 5.91 Å². The number of nitroso groups, excluding NO2 is 1. The first-order chi connectivity index (χ1) is 17.4. The number of aromatic amines is 1. The summed E-state index contributed by atoms with van der Waals surface area (Å²) in [4.78, 5) is 41.2. The minimum Gasteiger partial charge on any atom is -0.442 e. The molecule has 1 aromatic heterocycles. The molecule has 0 spiro atoms. The molecule has 2 aromatic carbocycles. The zero-order chi connectivity index (χ0) is 27.0. The van der Waals surface area contributed by atoms with Gasteiger partial charge in [0, 0.05) is 51.6 Å². The Morgan fingerprint density at radius 1 is 1.16 bits per heavy atom. The fourth-order valence-electron chi connectivity index (χ4n) is 4.42. The van der Waals surface area contributed by atoms with Gasteiger partial charge >= 0.3 is 6.09 Å². The van der Waals surface area contributed by atoms with Crippen LogP contribution in [0.1, 0.15) is 27.7 Å². The summed E-state index contributed by atoms with van der Waals surface area (Å²) < 4.78 is 23.1. The monoisotopic (exact) mass is 525 g/mol. The number of carbonyl (C=O) groups excluding carboxylic acids is 2. The summed E-state index contributed by atoms with van der Waals surface area (Å²) in [6, 6.07) is 15.0. The molecule has 0 aliphatic carbocycles. The lowest BCUT2D eigenvalue weighted by Gasteiger charge is -2.48. The summed E-state index contributed by atoms with van der Waals surface area (Å²) in [5.74, 6) is -0.464. The van der Waals surface area contributed by atoms with Crippen molar-refractivity contribution in [3.63, 3.8) is 0 Å². The van der Waals surface area contributed by atoms with Gasteiger partial charge in [0.1, 0.15) is 11.0 Å². The van der Waals surface area contributed by atoms with Crippen LogP contribution >= 0.6 is 0 Å². The molecule has 0 bridgehead atoms. The third-order valence-corrected chi connectivity index (χ3v) is 8.60. The molecule has 2 amide bonds. The molecular weight excluding hydrogens is 494 g/mol. The van der Waals surface area contributed by atoms with Crippen LogP contribution in [0.2, 0.25) is 0 Å². The lowest BCUT2D eigenvalue weighted by molar-refractivity contribution is -0.128. The number of amides is 2. The summed E-state index contributed by atoms with van der Waals surface area (Å²) in [5.41, 5.74) is 6.94. The van der Waals surface area contributed by atoms with Crippen LogP contribution in [0.15, 0.2) is 63.0 Å². The zero-order valence-electron chi connectivity index (χ0n) is 21.3. The number of hydrogen-bond donors (Lipinski definition) is 2. The van der Waals surface area contributed by atoms with E-state index >= 15 is 0 Å². The number of ether oxygens (including phenoxy) is 1. The van der Waals surface area contributed by atoms with Gasteiger partial charge in [-0.15, -0.1) is 4.36 Å². The SMILES string of the molecule is CCS(=O)(=NC(=O)OC(C)(C)C)c1ccc(N2CC(CN=O)(C(N)=O)C2)c(-c2cc3ccccc3[nH]2)c1. The molecule has 1 saturated heterocycles. The van der Waals surface area contributed by atoms with Crippen molar-refractivity contribution in [2.45, 2.75) is 38.2 Å². The molecule has 3 aromatic rings. The fraction of sp³-hybridized carbons (Fsp3) is 0.385. The Morgan fingerprint density at radius 2 is 1.86 bits per heavy atom. The van der Waals surface area contributed by atoms with Crippen molar-refractivity contribution in [3.05, 3.63) is 53.4 Å². The molecule has 37 heavy (non-hydrogen) atoms. The highest BCUT2D eigenvalue weighted by Crippen LogP contribution is 2.41. The van der Waals surface area contributed by atoms with Crippen molar-refractivity contribution < 1.29 is 18.5 Å². The maximum atomic E-state index is 13.9. The molecule has 1 aliphatic rings. The van der Waals surface area contributed by atoms with E-state index in [0.29, 0.717) is 10.5 Å². The van der Waals surface area contributed by atoms with Gasteiger partial charge in [0.15, 0.2) is 0 Å². The average Bonchev–Trinajstić information content (AvgIpc) is 3.23. The van der Waals surface area contributed by atoms with Crippen molar-refractivity contribution >= 4 is 38.3 Å². The summed E-state index contributed by atoms with van der Waals surface area (Å²) >= 11 is 0. The Morgan fingerprint density at radius 3 is 2.46 bits per heavy atom. The van der Waals surface area contributed by atoms with E-state index in [1.165, 1.54) is 0 Å². The van der Waals surface area contributed by atoms with Crippen LogP contribution in [0.25, 0.3) is 22.2 Å². The van der Waals surface area contributed by atoms with Crippen molar-refractivity contribution in [1.82, 2.24) is 4.98 Å². The van der Waals surface area contributed by atoms with Gasteiger partial charge in [-0.2, -0.15) is 4.91 Å². The van der Waals surface area contributed by atoms with Gasteiger partial charge in [-0.3, -0.25) is 4.79 Å². The smallest absolute Gasteiger partial charge is 0.442 e. The third-order valence-electron chi connectivity index (χ3n) is 6.38. The highest BCUT2D eigenvalue weighted by atomic mass is 32.2. The van der Waals surface area contributed by atoms with Gasteiger partial charge in [-0.1, -0.05) is 30.3 Å². The number of fused-ring (bicyclic) bond motifs is 1. The predicted octanol–water partition coefficient (Wildman–Crippen LogP) is 4.67. The van der Waals surface area contributed by atoms with Crippen LogP contribution in [-0.4, -0.2) is 52.2 Å². The number of para-hydroxylation sites is 1. The Balaban J connectivity index is 1.82. The third kappa shape index (κ3) is 5.22. The Hall–Kier alpha value is -3.73. The van der Waals surface area contributed by atoms with E-state index in [0.717, 1.165) is 22.3 Å². The largest absolute Gasteiger partial charge is 0.442 e. The number of benzene rings is 2. The topological polar surface area (TPSA) is 147 Å². The summed E-state index contributed by atoms with van der Waals surface area (Å²) in [6.07, 6.45) is -0.883. The molecule has 10 nitrogen and oxygen atoms in total. The van der Waals surface area contributed by atoms with E-state index in [4.69, 9.17) is 10.5 Å². The fourth-order valence-corrected chi connectivity index (χ4v) is 5.85. The van der Waals surface area contributed by atoms with Gasteiger partial charge in [0.25, 0.3) is 0 Å². The molecule has 0 saturated carbocycles. The molecule has 4 rings (SSSR count). The first-order valence-electron chi connectivity index (χ1n) is 11.9. The lowest BCUT2D eigenvalue weighted by Crippen LogP contribution is -2.64. The Bertz CT molecular complexity index is 1460. The van der Waals surface area contributed by atoms with E-state index in [1.807, 2.05) is 35.2 Å². The molecule has 11 heteroatoms. The molecule has 3 N–H and O–H groups in total. The van der Waals surface area contributed by atoms with Crippen LogP contribution in [0.4, 0.5) is 10.5 Å². The first-order valence-corrected chi connectivity index (χ1v) is 13.6. The van der Waals surface area contributed by atoms with E-state index in [1.54, 1.807) is 45.9 Å². The number of nitrogens with zero attached hydrogens (tertiary/aromatic N) is 3. The van der Waals surface area contributed by atoms with E-state index in [9.17, 15) is 18.7 Å². The van der Waals surface area contributed by atoms with Crippen molar-refractivity contribution in [3.8, 4) is 11.3 Å². The molecule has 2 heterocycles. The molecule has 196 valence electrons. The number of anilines is 1. The highest BCUT2D eigenvalue weighted by molar-refractivity contribution is 7.93. The number of hydrogen-bond acceptors (Lipinski definition) is 7. The molecule has 1 unspecified atom stereocenters. The number of H-pyrrole nitrogens is 1. The second-order valence-corrected chi connectivity index (χ2v) is 12.8. The number of carbonyl (C=O) groups is 2. The second kappa shape index (κ2) is 9.62. The van der Waals surface area contributed by atoms with Gasteiger partial charge < -0.3 is 20.4 Å². The first kappa shape index (κ1) is 26.3. The number of rotatable bonds is 7. The predicted molar refractivity (Wildman–Crippen MR) is 144 cm³/mol. The van der Waals surface area contributed by atoms with Crippen LogP contribution in [0, 0.1) is 10.3 Å². The Kier molecular flexibility index (Phi) is 6.85. The maximum absolute atomic E-state index is 13.9. The maximum Gasteiger partial charge on any atom is 0.442 e. The quantitative estimate of drug-likeness (QED) is 0.428. The Labute approximate surface area is 215 Å². The normalized spacial score (nSPS) is 16.5.